The van der Waals surface area contributed by atoms with Crippen LogP contribution in [0.3, 0.4) is 0 Å². The summed E-state index contributed by atoms with van der Waals surface area (Å²) in [4.78, 5) is 8.34. The van der Waals surface area contributed by atoms with Crippen molar-refractivity contribution in [3.8, 4) is 0 Å². The van der Waals surface area contributed by atoms with Gasteiger partial charge >= 0.3 is 0 Å². The third-order valence-electron chi connectivity index (χ3n) is 4.82. The molecule has 0 amide bonds. The summed E-state index contributed by atoms with van der Waals surface area (Å²) in [5, 5.41) is 1.14. The predicted molar refractivity (Wildman–Crippen MR) is 92.5 cm³/mol. The van der Waals surface area contributed by atoms with Crippen LogP contribution < -0.4 is 5.73 Å². The quantitative estimate of drug-likeness (QED) is 0.937. The second-order valence-corrected chi connectivity index (χ2v) is 7.69. The fraction of sp³-hybridized carbons (Fsp3) is 0.500. The van der Waals surface area contributed by atoms with Crippen LogP contribution in [0.2, 0.25) is 0 Å². The number of rotatable bonds is 4. The number of ether oxygens (including phenoxy) is 1. The fourth-order valence-electron chi connectivity index (χ4n) is 3.63. The van der Waals surface area contributed by atoms with Gasteiger partial charge in [0.05, 0.1) is 0 Å². The smallest absolute Gasteiger partial charge is 0.122 e. The highest BCUT2D eigenvalue weighted by Gasteiger charge is 2.31. The van der Waals surface area contributed by atoms with Crippen molar-refractivity contribution < 1.29 is 4.74 Å². The maximum atomic E-state index is 6.39. The van der Waals surface area contributed by atoms with Crippen LogP contribution in [0.15, 0.2) is 36.5 Å². The molecule has 2 aromatic rings. The Hall–Kier alpha value is -1.27. The summed E-state index contributed by atoms with van der Waals surface area (Å²) in [6.07, 6.45) is 4.51. The standard InChI is InChI=1S/C18H23N3OS/c19-16-12-21(11-15(16)13-5-2-1-3-6-13)10-14-9-20-18(23-14)17-7-4-8-22-17/h1-3,5-6,9,15-17H,4,7-8,10-12,19H2/t15-,16+,17?/m0/s1. The van der Waals surface area contributed by atoms with Gasteiger partial charge in [0.2, 0.25) is 0 Å². The second kappa shape index (κ2) is 6.69. The minimum Gasteiger partial charge on any atom is -0.371 e. The maximum Gasteiger partial charge on any atom is 0.122 e. The van der Waals surface area contributed by atoms with Crippen LogP contribution in [0, 0.1) is 0 Å². The van der Waals surface area contributed by atoms with E-state index in [9.17, 15) is 0 Å². The highest BCUT2D eigenvalue weighted by Crippen LogP contribution is 2.33. The number of nitrogens with two attached hydrogens (primary N) is 1. The van der Waals surface area contributed by atoms with Crippen molar-refractivity contribution in [3.63, 3.8) is 0 Å². The summed E-state index contributed by atoms with van der Waals surface area (Å²) in [6, 6.07) is 10.9. The fourth-order valence-corrected chi connectivity index (χ4v) is 4.68. The van der Waals surface area contributed by atoms with Gasteiger partial charge in [-0.2, -0.15) is 0 Å². The molecular weight excluding hydrogens is 306 g/mol. The molecule has 2 aliphatic rings. The van der Waals surface area contributed by atoms with Crippen LogP contribution >= 0.6 is 11.3 Å². The molecule has 0 bridgehead atoms. The van der Waals surface area contributed by atoms with Gasteiger partial charge in [-0.1, -0.05) is 30.3 Å². The molecule has 4 nitrogen and oxygen atoms in total. The van der Waals surface area contributed by atoms with E-state index >= 15 is 0 Å². The lowest BCUT2D eigenvalue weighted by atomic mass is 9.95. The van der Waals surface area contributed by atoms with E-state index in [0.29, 0.717) is 5.92 Å². The average Bonchev–Trinajstić information content (AvgIpc) is 3.29. The molecule has 3 atom stereocenters. The Morgan fingerprint density at radius 3 is 2.91 bits per heavy atom. The number of nitrogens with zero attached hydrogens (tertiary/aromatic N) is 2. The number of hydrogen-bond donors (Lipinski definition) is 1. The summed E-state index contributed by atoms with van der Waals surface area (Å²) < 4.78 is 5.73. The third kappa shape index (κ3) is 3.33. The van der Waals surface area contributed by atoms with Crippen LogP contribution in [0.4, 0.5) is 0 Å². The van der Waals surface area contributed by atoms with Crippen molar-refractivity contribution in [2.45, 2.75) is 37.5 Å². The minimum absolute atomic E-state index is 0.211. The first-order chi connectivity index (χ1) is 11.3. The normalized spacial score (nSPS) is 28.5. The van der Waals surface area contributed by atoms with Crippen LogP contribution in [-0.2, 0) is 11.3 Å². The van der Waals surface area contributed by atoms with E-state index in [1.165, 1.54) is 10.4 Å². The van der Waals surface area contributed by atoms with Crippen molar-refractivity contribution in [3.05, 3.63) is 52.0 Å². The van der Waals surface area contributed by atoms with E-state index in [-0.39, 0.29) is 12.1 Å². The van der Waals surface area contributed by atoms with Crippen LogP contribution in [0.1, 0.15) is 40.3 Å². The lowest BCUT2D eigenvalue weighted by Gasteiger charge is -2.15. The Morgan fingerprint density at radius 1 is 1.26 bits per heavy atom. The molecule has 2 N–H and O–H groups in total. The molecule has 5 heteroatoms. The van der Waals surface area contributed by atoms with E-state index < -0.39 is 0 Å². The van der Waals surface area contributed by atoms with E-state index in [0.717, 1.165) is 44.1 Å². The predicted octanol–water partition coefficient (Wildman–Crippen LogP) is 2.92. The van der Waals surface area contributed by atoms with Gasteiger partial charge in [-0.05, 0) is 18.4 Å². The summed E-state index contributed by atoms with van der Waals surface area (Å²) in [5.74, 6) is 0.432. The molecule has 0 saturated carbocycles. The van der Waals surface area contributed by atoms with Crippen molar-refractivity contribution in [2.75, 3.05) is 19.7 Å². The van der Waals surface area contributed by atoms with Crippen molar-refractivity contribution in [1.82, 2.24) is 9.88 Å². The topological polar surface area (TPSA) is 51.4 Å². The number of likely N-dealkylation sites (tertiary alicyclic amines) is 1. The zero-order valence-corrected chi connectivity index (χ0v) is 14.0. The molecule has 122 valence electrons. The lowest BCUT2D eigenvalue weighted by Crippen LogP contribution is -2.28. The Balaban J connectivity index is 1.40. The van der Waals surface area contributed by atoms with Gasteiger partial charge in [0.15, 0.2) is 0 Å². The molecule has 0 radical (unpaired) electrons. The largest absolute Gasteiger partial charge is 0.371 e. The monoisotopic (exact) mass is 329 g/mol. The van der Waals surface area contributed by atoms with Gasteiger partial charge in [0, 0.05) is 49.3 Å². The molecule has 1 aromatic heterocycles. The molecule has 4 rings (SSSR count). The molecular formula is C18H23N3OS. The first kappa shape index (κ1) is 15.3. The van der Waals surface area contributed by atoms with Crippen molar-refractivity contribution >= 4 is 11.3 Å². The number of aromatic nitrogens is 1. The zero-order chi connectivity index (χ0) is 15.6. The van der Waals surface area contributed by atoms with Gasteiger partial charge < -0.3 is 10.5 Å². The summed E-state index contributed by atoms with van der Waals surface area (Å²) in [5.41, 5.74) is 7.74. The molecule has 2 aliphatic heterocycles. The molecule has 0 aliphatic carbocycles. The van der Waals surface area contributed by atoms with Crippen LogP contribution in [0.25, 0.3) is 0 Å². The van der Waals surface area contributed by atoms with Crippen molar-refractivity contribution in [1.29, 1.82) is 0 Å². The van der Waals surface area contributed by atoms with Gasteiger partial charge in [0.1, 0.15) is 11.1 Å². The summed E-state index contributed by atoms with van der Waals surface area (Å²) in [6.45, 7) is 3.80. The van der Waals surface area contributed by atoms with E-state index in [1.54, 1.807) is 11.3 Å². The first-order valence-corrected chi connectivity index (χ1v) is 9.20. The highest BCUT2D eigenvalue weighted by molar-refractivity contribution is 7.11. The maximum absolute atomic E-state index is 6.39. The Bertz CT molecular complexity index is 639. The van der Waals surface area contributed by atoms with Crippen molar-refractivity contribution in [2.24, 2.45) is 5.73 Å². The average molecular weight is 329 g/mol. The third-order valence-corrected chi connectivity index (χ3v) is 5.90. The van der Waals surface area contributed by atoms with E-state index in [2.05, 4.69) is 40.2 Å². The number of hydrogen-bond acceptors (Lipinski definition) is 5. The number of thiazole rings is 1. The number of benzene rings is 1. The summed E-state index contributed by atoms with van der Waals surface area (Å²) in [7, 11) is 0. The van der Waals surface area contributed by atoms with Crippen LogP contribution in [-0.4, -0.2) is 35.6 Å². The Labute approximate surface area is 141 Å². The molecule has 3 heterocycles. The molecule has 2 fully saturated rings. The van der Waals surface area contributed by atoms with Crippen LogP contribution in [0.5, 0.6) is 0 Å². The second-order valence-electron chi connectivity index (χ2n) is 6.54. The zero-order valence-electron chi connectivity index (χ0n) is 13.2. The SMILES string of the molecule is N[C@@H]1CN(Cc2cnc(C3CCCO3)s2)C[C@H]1c1ccccc1. The van der Waals surface area contributed by atoms with E-state index in [4.69, 9.17) is 10.5 Å². The van der Waals surface area contributed by atoms with Gasteiger partial charge in [-0.25, -0.2) is 4.98 Å². The molecule has 1 aromatic carbocycles. The Morgan fingerprint density at radius 2 is 2.13 bits per heavy atom. The van der Waals surface area contributed by atoms with Gasteiger partial charge in [-0.3, -0.25) is 4.90 Å². The minimum atomic E-state index is 0.211. The molecule has 0 spiro atoms. The Kier molecular flexibility index (Phi) is 4.44. The molecule has 2 saturated heterocycles. The first-order valence-electron chi connectivity index (χ1n) is 8.38. The van der Waals surface area contributed by atoms with Gasteiger partial charge in [-0.15, -0.1) is 11.3 Å². The highest BCUT2D eigenvalue weighted by atomic mass is 32.1. The summed E-state index contributed by atoms with van der Waals surface area (Å²) >= 11 is 1.80. The molecule has 1 unspecified atom stereocenters. The molecule has 23 heavy (non-hydrogen) atoms. The lowest BCUT2D eigenvalue weighted by molar-refractivity contribution is 0.111. The van der Waals surface area contributed by atoms with Gasteiger partial charge in [0.25, 0.3) is 0 Å². The van der Waals surface area contributed by atoms with E-state index in [1.807, 2.05) is 6.20 Å².